The summed E-state index contributed by atoms with van der Waals surface area (Å²) in [4.78, 5) is 22.3. The fraction of sp³-hybridized carbons (Fsp3) is 0.462. The van der Waals surface area contributed by atoms with E-state index in [0.29, 0.717) is 6.04 Å². The predicted octanol–water partition coefficient (Wildman–Crippen LogP) is 4.56. The molecule has 1 aromatic heterocycles. The summed E-state index contributed by atoms with van der Waals surface area (Å²) in [6, 6.07) is 17.3. The molecule has 5 heteroatoms. The molecule has 5 nitrogen and oxygen atoms in total. The molecule has 1 aliphatic heterocycles. The number of carbonyl (C=O) groups excluding carboxylic acids is 1. The molecule has 1 saturated carbocycles. The second kappa shape index (κ2) is 8.83. The summed E-state index contributed by atoms with van der Waals surface area (Å²) in [5.74, 6) is 0.137. The molecule has 1 atom stereocenters. The van der Waals surface area contributed by atoms with Gasteiger partial charge in [0.2, 0.25) is 0 Å². The number of hydrogen-bond donors (Lipinski definition) is 0. The van der Waals surface area contributed by atoms with Gasteiger partial charge in [-0.25, -0.2) is 4.98 Å². The van der Waals surface area contributed by atoms with Gasteiger partial charge in [0, 0.05) is 37.8 Å². The number of imidazole rings is 1. The van der Waals surface area contributed by atoms with E-state index in [1.807, 2.05) is 48.6 Å². The summed E-state index contributed by atoms with van der Waals surface area (Å²) in [6.45, 7) is 2.98. The highest BCUT2D eigenvalue weighted by molar-refractivity contribution is 5.94. The first-order chi connectivity index (χ1) is 15.2. The van der Waals surface area contributed by atoms with Crippen molar-refractivity contribution in [1.29, 1.82) is 0 Å². The zero-order valence-electron chi connectivity index (χ0n) is 18.4. The van der Waals surface area contributed by atoms with Crippen LogP contribution >= 0.6 is 0 Å². The molecular formula is C26H32N4O. The van der Waals surface area contributed by atoms with Crippen molar-refractivity contribution >= 4 is 16.9 Å². The molecular weight excluding hydrogens is 384 g/mol. The van der Waals surface area contributed by atoms with Gasteiger partial charge in [-0.05, 0) is 62.1 Å². The lowest BCUT2D eigenvalue weighted by atomic mass is 10.0. The lowest BCUT2D eigenvalue weighted by Gasteiger charge is -2.40. The summed E-state index contributed by atoms with van der Waals surface area (Å²) < 4.78 is 2.15. The Morgan fingerprint density at radius 1 is 1.03 bits per heavy atom. The van der Waals surface area contributed by atoms with E-state index in [1.165, 1.54) is 44.2 Å². The van der Waals surface area contributed by atoms with E-state index < -0.39 is 0 Å². The third kappa shape index (κ3) is 4.24. The molecule has 0 spiro atoms. The topological polar surface area (TPSA) is 41.4 Å². The standard InChI is InChI=1S/C26H32N4O/c1-28(23-9-6-16-29(18-23)22-7-2-3-8-22)26(31)21-14-12-20(13-15-21)17-30-19-27-24-10-4-5-11-25(24)30/h4-5,10-15,19,22-23H,2-3,6-9,16-18H2,1H3. The average Bonchev–Trinajstić information content (AvgIpc) is 3.50. The Morgan fingerprint density at radius 2 is 1.81 bits per heavy atom. The zero-order chi connectivity index (χ0) is 21.2. The van der Waals surface area contributed by atoms with Gasteiger partial charge in [0.1, 0.15) is 0 Å². The van der Waals surface area contributed by atoms with E-state index >= 15 is 0 Å². The Morgan fingerprint density at radius 3 is 2.61 bits per heavy atom. The molecule has 0 bridgehead atoms. The van der Waals surface area contributed by atoms with Gasteiger partial charge in [-0.15, -0.1) is 0 Å². The van der Waals surface area contributed by atoms with Crippen LogP contribution in [0.4, 0.5) is 0 Å². The van der Waals surface area contributed by atoms with E-state index in [0.717, 1.165) is 42.1 Å². The van der Waals surface area contributed by atoms with E-state index in [1.54, 1.807) is 0 Å². The fourth-order valence-corrected chi connectivity index (χ4v) is 5.36. The van der Waals surface area contributed by atoms with Gasteiger partial charge >= 0.3 is 0 Å². The second-order valence-electron chi connectivity index (χ2n) is 9.20. The molecule has 1 aliphatic carbocycles. The molecule has 2 heterocycles. The van der Waals surface area contributed by atoms with E-state index in [-0.39, 0.29) is 5.91 Å². The van der Waals surface area contributed by atoms with Crippen molar-refractivity contribution in [1.82, 2.24) is 19.4 Å². The average molecular weight is 417 g/mol. The van der Waals surface area contributed by atoms with Crippen LogP contribution in [-0.4, -0.2) is 57.5 Å². The largest absolute Gasteiger partial charge is 0.337 e. The summed E-state index contributed by atoms with van der Waals surface area (Å²) in [6.07, 6.45) is 9.57. The van der Waals surface area contributed by atoms with Gasteiger partial charge in [0.15, 0.2) is 0 Å². The minimum atomic E-state index is 0.137. The summed E-state index contributed by atoms with van der Waals surface area (Å²) in [5.41, 5.74) is 4.09. The van der Waals surface area contributed by atoms with E-state index in [9.17, 15) is 4.79 Å². The summed E-state index contributed by atoms with van der Waals surface area (Å²) in [5, 5.41) is 0. The maximum atomic E-state index is 13.2. The number of likely N-dealkylation sites (tertiary alicyclic amines) is 1. The fourth-order valence-electron chi connectivity index (χ4n) is 5.36. The van der Waals surface area contributed by atoms with Crippen LogP contribution in [0.3, 0.4) is 0 Å². The minimum absolute atomic E-state index is 0.137. The van der Waals surface area contributed by atoms with Crippen LogP contribution in [0, 0.1) is 0 Å². The van der Waals surface area contributed by atoms with Crippen LogP contribution in [0.15, 0.2) is 54.9 Å². The molecule has 0 N–H and O–H groups in total. The first-order valence-corrected chi connectivity index (χ1v) is 11.7. The third-order valence-corrected chi connectivity index (χ3v) is 7.22. The lowest BCUT2D eigenvalue weighted by Crippen LogP contribution is -2.51. The number of aromatic nitrogens is 2. The Kier molecular flexibility index (Phi) is 5.77. The predicted molar refractivity (Wildman–Crippen MR) is 124 cm³/mol. The van der Waals surface area contributed by atoms with Crippen LogP contribution in [0.25, 0.3) is 11.0 Å². The van der Waals surface area contributed by atoms with E-state index in [4.69, 9.17) is 0 Å². The maximum absolute atomic E-state index is 13.2. The van der Waals surface area contributed by atoms with Gasteiger partial charge in [-0.1, -0.05) is 37.1 Å². The number of likely N-dealkylation sites (N-methyl/N-ethyl adjacent to an activating group) is 1. The highest BCUT2D eigenvalue weighted by Crippen LogP contribution is 2.27. The van der Waals surface area contributed by atoms with Gasteiger partial charge in [0.05, 0.1) is 17.4 Å². The number of amides is 1. The SMILES string of the molecule is CN(C(=O)c1ccc(Cn2cnc3ccccc32)cc1)C1CCCN(C2CCCC2)C1. The van der Waals surface area contributed by atoms with Gasteiger partial charge < -0.3 is 9.47 Å². The first kappa shape index (κ1) is 20.3. The van der Waals surface area contributed by atoms with Crippen molar-refractivity contribution in [2.24, 2.45) is 0 Å². The molecule has 2 fully saturated rings. The Labute approximate surface area is 184 Å². The maximum Gasteiger partial charge on any atom is 0.253 e. The lowest BCUT2D eigenvalue weighted by molar-refractivity contribution is 0.0552. The number of benzene rings is 2. The van der Waals surface area contributed by atoms with Gasteiger partial charge in [-0.3, -0.25) is 9.69 Å². The summed E-state index contributed by atoms with van der Waals surface area (Å²) in [7, 11) is 1.98. The molecule has 1 unspecified atom stereocenters. The van der Waals surface area contributed by atoms with Gasteiger partial charge in [-0.2, -0.15) is 0 Å². The molecule has 3 aromatic rings. The third-order valence-electron chi connectivity index (χ3n) is 7.22. The van der Waals surface area contributed by atoms with Crippen LogP contribution in [0.2, 0.25) is 0 Å². The number of para-hydroxylation sites is 2. The number of fused-ring (bicyclic) bond motifs is 1. The van der Waals surface area contributed by atoms with Crippen molar-refractivity contribution in [2.45, 2.75) is 57.2 Å². The second-order valence-corrected chi connectivity index (χ2v) is 9.20. The van der Waals surface area contributed by atoms with Crippen LogP contribution < -0.4 is 0 Å². The highest BCUT2D eigenvalue weighted by atomic mass is 16.2. The van der Waals surface area contributed by atoms with Crippen molar-refractivity contribution in [3.05, 3.63) is 66.0 Å². The number of hydrogen-bond acceptors (Lipinski definition) is 3. The highest BCUT2D eigenvalue weighted by Gasteiger charge is 2.31. The Balaban J connectivity index is 1.24. The van der Waals surface area contributed by atoms with Crippen molar-refractivity contribution in [2.75, 3.05) is 20.1 Å². The molecule has 1 amide bonds. The molecule has 1 saturated heterocycles. The smallest absolute Gasteiger partial charge is 0.253 e. The van der Waals surface area contributed by atoms with Crippen LogP contribution in [-0.2, 0) is 6.54 Å². The van der Waals surface area contributed by atoms with E-state index in [2.05, 4.69) is 32.7 Å². The number of carbonyl (C=O) groups is 1. The number of rotatable bonds is 5. The molecule has 2 aliphatic rings. The molecule has 31 heavy (non-hydrogen) atoms. The normalized spacial score (nSPS) is 20.4. The van der Waals surface area contributed by atoms with Gasteiger partial charge in [0.25, 0.3) is 5.91 Å². The zero-order valence-corrected chi connectivity index (χ0v) is 18.4. The molecule has 2 aromatic carbocycles. The summed E-state index contributed by atoms with van der Waals surface area (Å²) >= 11 is 0. The van der Waals surface area contributed by atoms with Crippen LogP contribution in [0.1, 0.15) is 54.4 Å². The Hall–Kier alpha value is -2.66. The quantitative estimate of drug-likeness (QED) is 0.612. The van der Waals surface area contributed by atoms with Crippen molar-refractivity contribution in [3.63, 3.8) is 0 Å². The minimum Gasteiger partial charge on any atom is -0.337 e. The van der Waals surface area contributed by atoms with Crippen molar-refractivity contribution in [3.8, 4) is 0 Å². The number of piperidine rings is 1. The molecule has 162 valence electrons. The van der Waals surface area contributed by atoms with Crippen molar-refractivity contribution < 1.29 is 4.79 Å². The Bertz CT molecular complexity index is 1040. The number of nitrogens with zero attached hydrogens (tertiary/aromatic N) is 4. The monoisotopic (exact) mass is 416 g/mol. The first-order valence-electron chi connectivity index (χ1n) is 11.7. The molecule has 0 radical (unpaired) electrons. The molecule has 5 rings (SSSR count). The van der Waals surface area contributed by atoms with Crippen LogP contribution in [0.5, 0.6) is 0 Å².